The topological polar surface area (TPSA) is 50.7 Å². The number of benzene rings is 3. The van der Waals surface area contributed by atoms with E-state index >= 15 is 0 Å². The van der Waals surface area contributed by atoms with E-state index in [1.807, 2.05) is 24.3 Å². The van der Waals surface area contributed by atoms with Crippen molar-refractivity contribution in [2.75, 3.05) is 0 Å². The molecule has 0 saturated carbocycles. The molecule has 0 aliphatic carbocycles. The molecule has 0 fully saturated rings. The van der Waals surface area contributed by atoms with Gasteiger partial charge in [0.15, 0.2) is 0 Å². The number of halogens is 3. The van der Waals surface area contributed by atoms with Gasteiger partial charge in [0.05, 0.1) is 6.21 Å². The highest BCUT2D eigenvalue weighted by Gasteiger charge is 2.06. The lowest BCUT2D eigenvalue weighted by atomic mass is 10.2. The van der Waals surface area contributed by atoms with Crippen molar-refractivity contribution in [3.63, 3.8) is 0 Å². The molecule has 0 aliphatic heterocycles. The van der Waals surface area contributed by atoms with E-state index in [9.17, 15) is 9.18 Å². The highest BCUT2D eigenvalue weighted by Crippen LogP contribution is 2.22. The lowest BCUT2D eigenvalue weighted by Gasteiger charge is -2.10. The first-order valence-corrected chi connectivity index (χ1v) is 9.73. The van der Waals surface area contributed by atoms with Gasteiger partial charge in [0.1, 0.15) is 18.2 Å². The van der Waals surface area contributed by atoms with Crippen molar-refractivity contribution >= 4 is 46.3 Å². The molecule has 28 heavy (non-hydrogen) atoms. The fraction of sp³-hybridized carbons (Fsp3) is 0.0476. The lowest BCUT2D eigenvalue weighted by molar-refractivity contribution is 0.0955. The maximum Gasteiger partial charge on any atom is 0.271 e. The Morgan fingerprint density at radius 1 is 1.11 bits per heavy atom. The Kier molecular flexibility index (Phi) is 7.00. The molecule has 3 aromatic carbocycles. The van der Waals surface area contributed by atoms with Crippen molar-refractivity contribution in [2.24, 2.45) is 5.10 Å². The summed E-state index contributed by atoms with van der Waals surface area (Å²) in [4.78, 5) is 12.0. The third-order valence-electron chi connectivity index (χ3n) is 3.76. The highest BCUT2D eigenvalue weighted by molar-refractivity contribution is 14.1. The third-order valence-corrected chi connectivity index (χ3v) is 4.71. The Balaban J connectivity index is 1.67. The second-order valence-electron chi connectivity index (χ2n) is 5.80. The molecule has 4 nitrogen and oxygen atoms in total. The summed E-state index contributed by atoms with van der Waals surface area (Å²) in [5.74, 6) is -0.267. The van der Waals surface area contributed by atoms with E-state index in [4.69, 9.17) is 16.3 Å². The van der Waals surface area contributed by atoms with E-state index in [-0.39, 0.29) is 0 Å². The van der Waals surface area contributed by atoms with E-state index in [2.05, 4.69) is 33.1 Å². The molecule has 0 atom stereocenters. The van der Waals surface area contributed by atoms with Crippen LogP contribution in [0.15, 0.2) is 71.8 Å². The molecule has 0 spiro atoms. The largest absolute Gasteiger partial charge is 0.488 e. The minimum absolute atomic E-state index is 0.305. The smallest absolute Gasteiger partial charge is 0.271 e. The molecular weight excluding hydrogens is 494 g/mol. The van der Waals surface area contributed by atoms with Gasteiger partial charge < -0.3 is 4.74 Å². The number of hydrogen-bond acceptors (Lipinski definition) is 3. The molecule has 1 N–H and O–H groups in total. The standard InChI is InChI=1S/C21H15ClFIN2O2/c22-17-5-10-20(28-13-14-1-8-19(24)9-2-14)16(11-17)12-25-26-21(27)15-3-6-18(23)7-4-15/h1-12H,13H2,(H,26,27)/b25-12-. The molecule has 3 rings (SSSR count). The molecule has 7 heteroatoms. The van der Waals surface area contributed by atoms with Crippen LogP contribution in [-0.2, 0) is 6.61 Å². The van der Waals surface area contributed by atoms with Gasteiger partial charge in [-0.15, -0.1) is 0 Å². The summed E-state index contributed by atoms with van der Waals surface area (Å²) in [6.45, 7) is 0.390. The van der Waals surface area contributed by atoms with Crippen LogP contribution in [0.25, 0.3) is 0 Å². The van der Waals surface area contributed by atoms with E-state index < -0.39 is 11.7 Å². The van der Waals surface area contributed by atoms with Crippen LogP contribution in [0.2, 0.25) is 5.02 Å². The zero-order chi connectivity index (χ0) is 19.9. The number of nitrogens with one attached hydrogen (secondary N) is 1. The van der Waals surface area contributed by atoms with Crippen molar-refractivity contribution in [1.29, 1.82) is 0 Å². The van der Waals surface area contributed by atoms with Crippen LogP contribution >= 0.6 is 34.2 Å². The van der Waals surface area contributed by atoms with Crippen molar-refractivity contribution in [3.05, 3.63) is 97.8 Å². The van der Waals surface area contributed by atoms with Gasteiger partial charge in [0.2, 0.25) is 0 Å². The Hall–Kier alpha value is -2.45. The van der Waals surface area contributed by atoms with E-state index in [0.29, 0.717) is 28.5 Å². The summed E-state index contributed by atoms with van der Waals surface area (Å²) in [6, 6.07) is 18.4. The molecule has 0 saturated heterocycles. The van der Waals surface area contributed by atoms with E-state index in [0.717, 1.165) is 9.13 Å². The van der Waals surface area contributed by atoms with Crippen molar-refractivity contribution in [2.45, 2.75) is 6.61 Å². The molecule has 0 aliphatic rings. The molecule has 142 valence electrons. The summed E-state index contributed by atoms with van der Waals surface area (Å²) < 4.78 is 19.9. The first-order chi connectivity index (χ1) is 13.5. The summed E-state index contributed by atoms with van der Waals surface area (Å²) in [5, 5.41) is 4.47. The van der Waals surface area contributed by atoms with Crippen LogP contribution in [-0.4, -0.2) is 12.1 Å². The van der Waals surface area contributed by atoms with E-state index in [1.165, 1.54) is 30.5 Å². The third kappa shape index (κ3) is 5.77. The average Bonchev–Trinajstić information content (AvgIpc) is 2.69. The quantitative estimate of drug-likeness (QED) is 0.274. The molecule has 3 aromatic rings. The fourth-order valence-electron chi connectivity index (χ4n) is 2.32. The highest BCUT2D eigenvalue weighted by atomic mass is 127. The van der Waals surface area contributed by atoms with Crippen molar-refractivity contribution in [1.82, 2.24) is 5.43 Å². The maximum absolute atomic E-state index is 12.9. The molecule has 0 bridgehead atoms. The predicted octanol–water partition coefficient (Wildman–Crippen LogP) is 5.43. The number of ether oxygens (including phenoxy) is 1. The average molecular weight is 509 g/mol. The zero-order valence-electron chi connectivity index (χ0n) is 14.5. The van der Waals surface area contributed by atoms with Crippen LogP contribution in [0.4, 0.5) is 4.39 Å². The van der Waals surface area contributed by atoms with Crippen LogP contribution in [0.1, 0.15) is 21.5 Å². The van der Waals surface area contributed by atoms with E-state index in [1.54, 1.807) is 18.2 Å². The minimum Gasteiger partial charge on any atom is -0.488 e. The van der Waals surface area contributed by atoms with Crippen LogP contribution in [0.3, 0.4) is 0 Å². The molecule has 1 amide bonds. The van der Waals surface area contributed by atoms with Gasteiger partial charge in [-0.25, -0.2) is 9.82 Å². The lowest BCUT2D eigenvalue weighted by Crippen LogP contribution is -2.17. The Morgan fingerprint density at radius 2 is 1.82 bits per heavy atom. The first kappa shape index (κ1) is 20.3. The number of nitrogens with zero attached hydrogens (tertiary/aromatic N) is 1. The first-order valence-electron chi connectivity index (χ1n) is 8.27. The van der Waals surface area contributed by atoms with Gasteiger partial charge in [-0.2, -0.15) is 5.10 Å². The minimum atomic E-state index is -0.445. The molecule has 0 radical (unpaired) electrons. The summed E-state index contributed by atoms with van der Waals surface area (Å²) in [5.41, 5.74) is 4.36. The molecule has 0 heterocycles. The summed E-state index contributed by atoms with van der Waals surface area (Å²) in [7, 11) is 0. The number of rotatable bonds is 6. The van der Waals surface area contributed by atoms with Gasteiger partial charge in [0.25, 0.3) is 5.91 Å². The SMILES string of the molecule is O=C(N/N=C\c1cc(Cl)ccc1OCc1ccc(I)cc1)c1ccc(F)cc1. The van der Waals surface area contributed by atoms with Crippen LogP contribution in [0.5, 0.6) is 5.75 Å². The van der Waals surface area contributed by atoms with Crippen molar-refractivity contribution in [3.8, 4) is 5.75 Å². The molecule has 0 aromatic heterocycles. The number of hydrogen-bond donors (Lipinski definition) is 1. The Labute approximate surface area is 180 Å². The predicted molar refractivity (Wildman–Crippen MR) is 116 cm³/mol. The normalized spacial score (nSPS) is 10.8. The van der Waals surface area contributed by atoms with Gasteiger partial charge in [-0.05, 0) is 82.8 Å². The van der Waals surface area contributed by atoms with Crippen molar-refractivity contribution < 1.29 is 13.9 Å². The number of carbonyl (C=O) groups excluding carboxylic acids is 1. The summed E-state index contributed by atoms with van der Waals surface area (Å²) in [6.07, 6.45) is 1.45. The summed E-state index contributed by atoms with van der Waals surface area (Å²) >= 11 is 8.31. The Bertz CT molecular complexity index is 992. The monoisotopic (exact) mass is 508 g/mol. The number of hydrazone groups is 1. The van der Waals surface area contributed by atoms with Crippen LogP contribution in [0, 0.1) is 9.39 Å². The Morgan fingerprint density at radius 3 is 2.54 bits per heavy atom. The number of carbonyl (C=O) groups is 1. The zero-order valence-corrected chi connectivity index (χ0v) is 17.4. The molecule has 0 unspecified atom stereocenters. The number of amides is 1. The maximum atomic E-state index is 12.9. The van der Waals surface area contributed by atoms with Gasteiger partial charge in [-0.3, -0.25) is 4.79 Å². The van der Waals surface area contributed by atoms with Gasteiger partial charge >= 0.3 is 0 Å². The second kappa shape index (κ2) is 9.66. The van der Waals surface area contributed by atoms with Crippen LogP contribution < -0.4 is 10.2 Å². The van der Waals surface area contributed by atoms with Gasteiger partial charge in [0, 0.05) is 19.7 Å². The molecular formula is C21H15ClFIN2O2. The fourth-order valence-corrected chi connectivity index (χ4v) is 2.86. The van der Waals surface area contributed by atoms with Gasteiger partial charge in [-0.1, -0.05) is 23.7 Å². The second-order valence-corrected chi connectivity index (χ2v) is 7.49.